The Balaban J connectivity index is 1.53. The number of para-hydroxylation sites is 2. The number of pyridine rings is 1. The van der Waals surface area contributed by atoms with Crippen LogP contribution in [0.1, 0.15) is 12.8 Å². The number of nitrogens with one attached hydrogen (secondary N) is 2. The topological polar surface area (TPSA) is 117 Å². The van der Waals surface area contributed by atoms with E-state index in [1.165, 1.54) is 16.6 Å². The molecule has 2 N–H and O–H groups in total. The molecule has 2 aromatic rings. The van der Waals surface area contributed by atoms with Gasteiger partial charge in [-0.15, -0.1) is 0 Å². The van der Waals surface area contributed by atoms with Crippen molar-refractivity contribution in [2.24, 2.45) is 0 Å². The van der Waals surface area contributed by atoms with E-state index >= 15 is 0 Å². The number of benzene rings is 1. The molecule has 0 atom stereocenters. The normalized spacial score (nSPS) is 14.8. The molecule has 9 nitrogen and oxygen atoms in total. The summed E-state index contributed by atoms with van der Waals surface area (Å²) in [5, 5.41) is 17.0. The van der Waals surface area contributed by atoms with Crippen molar-refractivity contribution < 1.29 is 13.3 Å². The van der Waals surface area contributed by atoms with Crippen molar-refractivity contribution >= 4 is 27.2 Å². The number of hydrogen-bond acceptors (Lipinski definition) is 7. The zero-order valence-corrected chi connectivity index (χ0v) is 15.5. The molecule has 1 fully saturated rings. The number of aromatic nitrogens is 1. The van der Waals surface area contributed by atoms with Crippen LogP contribution < -0.4 is 10.6 Å². The molecule has 0 spiro atoms. The van der Waals surface area contributed by atoms with Crippen LogP contribution in [0.3, 0.4) is 0 Å². The van der Waals surface area contributed by atoms with E-state index in [9.17, 15) is 18.5 Å². The lowest BCUT2D eigenvalue weighted by atomic mass is 10.2. The minimum absolute atomic E-state index is 0.0205. The largest absolute Gasteiger partial charge is 0.378 e. The number of nitro benzene ring substituents is 1. The smallest absolute Gasteiger partial charge is 0.292 e. The van der Waals surface area contributed by atoms with Gasteiger partial charge in [0.05, 0.1) is 4.92 Å². The van der Waals surface area contributed by atoms with Gasteiger partial charge in [0.2, 0.25) is 10.0 Å². The first-order valence-corrected chi connectivity index (χ1v) is 10.1. The van der Waals surface area contributed by atoms with Crippen LogP contribution in [0.4, 0.5) is 17.2 Å². The molecule has 2 heterocycles. The molecule has 1 aromatic carbocycles. The van der Waals surface area contributed by atoms with Gasteiger partial charge in [0.15, 0.2) is 0 Å². The van der Waals surface area contributed by atoms with E-state index in [2.05, 4.69) is 15.6 Å². The Labute approximate surface area is 157 Å². The lowest BCUT2D eigenvalue weighted by molar-refractivity contribution is -0.384. The fourth-order valence-electron chi connectivity index (χ4n) is 2.89. The third kappa shape index (κ3) is 4.52. The van der Waals surface area contributed by atoms with Gasteiger partial charge < -0.3 is 10.6 Å². The van der Waals surface area contributed by atoms with E-state index in [1.807, 2.05) is 0 Å². The molecule has 27 heavy (non-hydrogen) atoms. The molecule has 0 amide bonds. The SMILES string of the molecule is O=[N+]([O-])c1ccccc1NCCNc1ccc(S(=O)(=O)N2CCCC2)cn1. The minimum atomic E-state index is -3.46. The molecular formula is C17H21N5O4S. The average molecular weight is 391 g/mol. The minimum Gasteiger partial charge on any atom is -0.378 e. The number of nitrogens with zero attached hydrogens (tertiary/aromatic N) is 3. The van der Waals surface area contributed by atoms with E-state index in [0.29, 0.717) is 37.7 Å². The Bertz CT molecular complexity index is 896. The highest BCUT2D eigenvalue weighted by Gasteiger charge is 2.27. The van der Waals surface area contributed by atoms with Crippen LogP contribution >= 0.6 is 0 Å². The van der Waals surface area contributed by atoms with E-state index in [4.69, 9.17) is 0 Å². The molecular weight excluding hydrogens is 370 g/mol. The molecule has 0 aliphatic carbocycles. The van der Waals surface area contributed by atoms with Crippen LogP contribution in [0.15, 0.2) is 47.5 Å². The predicted molar refractivity (Wildman–Crippen MR) is 102 cm³/mol. The van der Waals surface area contributed by atoms with Crippen LogP contribution in [0, 0.1) is 10.1 Å². The van der Waals surface area contributed by atoms with Crippen LogP contribution in [0.25, 0.3) is 0 Å². The summed E-state index contributed by atoms with van der Waals surface area (Å²) in [6.45, 7) is 2.02. The molecule has 0 saturated carbocycles. The van der Waals surface area contributed by atoms with Gasteiger partial charge in [0, 0.05) is 38.4 Å². The average Bonchev–Trinajstić information content (AvgIpc) is 3.21. The summed E-state index contributed by atoms with van der Waals surface area (Å²) in [5.74, 6) is 0.541. The molecule has 3 rings (SSSR count). The molecule has 0 unspecified atom stereocenters. The standard InChI is InChI=1S/C17H21N5O4S/c23-22(24)16-6-2-1-5-15(16)18-9-10-19-17-8-7-14(13-20-17)27(25,26)21-11-3-4-12-21/h1-2,5-8,13,18H,3-4,9-12H2,(H,19,20). The summed E-state index contributed by atoms with van der Waals surface area (Å²) in [7, 11) is -3.46. The van der Waals surface area contributed by atoms with Crippen LogP contribution in [-0.2, 0) is 10.0 Å². The number of rotatable bonds is 8. The first kappa shape index (κ1) is 19.1. The zero-order valence-electron chi connectivity index (χ0n) is 14.7. The van der Waals surface area contributed by atoms with Gasteiger partial charge in [-0.25, -0.2) is 13.4 Å². The van der Waals surface area contributed by atoms with Gasteiger partial charge in [0.25, 0.3) is 5.69 Å². The Kier molecular flexibility index (Phi) is 5.87. The first-order chi connectivity index (χ1) is 13.0. The quantitative estimate of drug-likeness (QED) is 0.403. The lowest BCUT2D eigenvalue weighted by Gasteiger charge is -2.15. The Morgan fingerprint density at radius 3 is 2.44 bits per heavy atom. The maximum Gasteiger partial charge on any atom is 0.292 e. The predicted octanol–water partition coefficient (Wildman–Crippen LogP) is 2.30. The number of hydrogen-bond donors (Lipinski definition) is 2. The highest BCUT2D eigenvalue weighted by molar-refractivity contribution is 7.89. The highest BCUT2D eigenvalue weighted by atomic mass is 32.2. The Morgan fingerprint density at radius 1 is 1.07 bits per heavy atom. The molecule has 1 aliphatic rings. The van der Waals surface area contributed by atoms with E-state index in [-0.39, 0.29) is 10.6 Å². The number of sulfonamides is 1. The number of anilines is 2. The monoisotopic (exact) mass is 391 g/mol. The molecule has 1 aliphatic heterocycles. The van der Waals surface area contributed by atoms with Crippen LogP contribution in [0.5, 0.6) is 0 Å². The van der Waals surface area contributed by atoms with Crippen molar-refractivity contribution in [1.29, 1.82) is 0 Å². The summed E-state index contributed by atoms with van der Waals surface area (Å²) in [6, 6.07) is 9.59. The fraction of sp³-hybridized carbons (Fsp3) is 0.353. The highest BCUT2D eigenvalue weighted by Crippen LogP contribution is 2.23. The van der Waals surface area contributed by atoms with Crippen LogP contribution in [0.2, 0.25) is 0 Å². The van der Waals surface area contributed by atoms with Gasteiger partial charge in [0.1, 0.15) is 16.4 Å². The Morgan fingerprint density at radius 2 is 1.78 bits per heavy atom. The van der Waals surface area contributed by atoms with Crippen molar-refractivity contribution in [3.05, 3.63) is 52.7 Å². The summed E-state index contributed by atoms with van der Waals surface area (Å²) in [6.07, 6.45) is 3.13. The summed E-state index contributed by atoms with van der Waals surface area (Å²) < 4.78 is 26.4. The van der Waals surface area contributed by atoms with Crippen molar-refractivity contribution in [3.8, 4) is 0 Å². The molecule has 10 heteroatoms. The van der Waals surface area contributed by atoms with Crippen molar-refractivity contribution in [2.75, 3.05) is 36.8 Å². The summed E-state index contributed by atoms with van der Waals surface area (Å²) >= 11 is 0. The second-order valence-corrected chi connectivity index (χ2v) is 8.06. The lowest BCUT2D eigenvalue weighted by Crippen LogP contribution is -2.28. The zero-order chi connectivity index (χ0) is 19.3. The second-order valence-electron chi connectivity index (χ2n) is 6.12. The van der Waals surface area contributed by atoms with Crippen LogP contribution in [-0.4, -0.2) is 48.8 Å². The molecule has 1 saturated heterocycles. The van der Waals surface area contributed by atoms with Gasteiger partial charge >= 0.3 is 0 Å². The molecule has 0 bridgehead atoms. The van der Waals surface area contributed by atoms with Gasteiger partial charge in [-0.2, -0.15) is 4.31 Å². The van der Waals surface area contributed by atoms with Gasteiger partial charge in [-0.1, -0.05) is 12.1 Å². The van der Waals surface area contributed by atoms with E-state index in [0.717, 1.165) is 12.8 Å². The van der Waals surface area contributed by atoms with Gasteiger partial charge in [-0.3, -0.25) is 10.1 Å². The second kappa shape index (κ2) is 8.31. The third-order valence-corrected chi connectivity index (χ3v) is 6.17. The van der Waals surface area contributed by atoms with Gasteiger partial charge in [-0.05, 0) is 31.0 Å². The maximum absolute atomic E-state index is 12.5. The van der Waals surface area contributed by atoms with E-state index < -0.39 is 14.9 Å². The first-order valence-electron chi connectivity index (χ1n) is 8.66. The van der Waals surface area contributed by atoms with Crippen molar-refractivity contribution in [1.82, 2.24) is 9.29 Å². The fourth-order valence-corrected chi connectivity index (χ4v) is 4.35. The van der Waals surface area contributed by atoms with Crippen molar-refractivity contribution in [2.45, 2.75) is 17.7 Å². The third-order valence-electron chi connectivity index (χ3n) is 4.29. The molecule has 1 aromatic heterocycles. The number of nitro groups is 1. The van der Waals surface area contributed by atoms with Crippen molar-refractivity contribution in [3.63, 3.8) is 0 Å². The summed E-state index contributed by atoms with van der Waals surface area (Å²) in [5.41, 5.74) is 0.469. The molecule has 144 valence electrons. The summed E-state index contributed by atoms with van der Waals surface area (Å²) in [4.78, 5) is 14.9. The Hall–Kier alpha value is -2.72. The maximum atomic E-state index is 12.5. The molecule has 0 radical (unpaired) electrons. The van der Waals surface area contributed by atoms with E-state index in [1.54, 1.807) is 30.3 Å².